The van der Waals surface area contributed by atoms with Crippen molar-refractivity contribution in [2.75, 3.05) is 0 Å². The first-order valence-corrected chi connectivity index (χ1v) is 5.04. The van der Waals surface area contributed by atoms with Gasteiger partial charge in [-0.05, 0) is 13.8 Å². The zero-order valence-corrected chi connectivity index (χ0v) is 9.61. The quantitative estimate of drug-likeness (QED) is 0.500. The lowest BCUT2D eigenvalue weighted by atomic mass is 10.5. The van der Waals surface area contributed by atoms with Crippen LogP contribution in [-0.2, 0) is 23.8 Å². The minimum atomic E-state index is -0.711. The van der Waals surface area contributed by atoms with E-state index in [2.05, 4.69) is 0 Å². The fourth-order valence-corrected chi connectivity index (χ4v) is 0.862. The van der Waals surface area contributed by atoms with E-state index < -0.39 is 12.6 Å². The molecule has 0 aromatic rings. The molecule has 15 heavy (non-hydrogen) atoms. The summed E-state index contributed by atoms with van der Waals surface area (Å²) in [6, 6.07) is 0. The lowest BCUT2D eigenvalue weighted by Crippen LogP contribution is -2.26. The molecule has 0 fully saturated rings. The summed E-state index contributed by atoms with van der Waals surface area (Å²) in [6.07, 6.45) is -0.845. The second kappa shape index (κ2) is 7.23. The van der Waals surface area contributed by atoms with Gasteiger partial charge in [-0.15, -0.1) is 0 Å². The average Bonchev–Trinajstić information content (AvgIpc) is 2.16. The SMILES string of the molecule is CCC(=O)OC(C)OC(C)OC(=O)CC. The van der Waals surface area contributed by atoms with E-state index in [1.807, 2.05) is 0 Å². The van der Waals surface area contributed by atoms with Crippen LogP contribution in [0, 0.1) is 0 Å². The second-order valence-electron chi connectivity index (χ2n) is 2.96. The summed E-state index contributed by atoms with van der Waals surface area (Å²) >= 11 is 0. The molecule has 0 spiro atoms. The Morgan fingerprint density at radius 2 is 1.27 bits per heavy atom. The van der Waals surface area contributed by atoms with E-state index >= 15 is 0 Å². The second-order valence-corrected chi connectivity index (χ2v) is 2.96. The fourth-order valence-electron chi connectivity index (χ4n) is 0.862. The number of rotatable bonds is 6. The smallest absolute Gasteiger partial charge is 0.307 e. The average molecular weight is 218 g/mol. The summed E-state index contributed by atoms with van der Waals surface area (Å²) in [5.41, 5.74) is 0. The van der Waals surface area contributed by atoms with Crippen LogP contribution >= 0.6 is 0 Å². The highest BCUT2D eigenvalue weighted by molar-refractivity contribution is 5.69. The maximum absolute atomic E-state index is 10.9. The first kappa shape index (κ1) is 13.9. The molecule has 0 radical (unpaired) electrons. The first-order chi connectivity index (χ1) is 6.99. The Morgan fingerprint density at radius 1 is 0.933 bits per heavy atom. The molecule has 5 heteroatoms. The molecule has 0 aromatic carbocycles. The molecule has 2 unspecified atom stereocenters. The van der Waals surface area contributed by atoms with Gasteiger partial charge in [-0.2, -0.15) is 0 Å². The van der Waals surface area contributed by atoms with Crippen LogP contribution < -0.4 is 0 Å². The molecule has 0 aromatic heterocycles. The maximum atomic E-state index is 10.9. The van der Waals surface area contributed by atoms with E-state index in [9.17, 15) is 9.59 Å². The Labute approximate surface area is 89.7 Å². The van der Waals surface area contributed by atoms with Gasteiger partial charge in [0.05, 0.1) is 0 Å². The summed E-state index contributed by atoms with van der Waals surface area (Å²) < 4.78 is 14.8. The Kier molecular flexibility index (Phi) is 6.70. The van der Waals surface area contributed by atoms with Crippen molar-refractivity contribution in [2.24, 2.45) is 0 Å². The van der Waals surface area contributed by atoms with Gasteiger partial charge in [0.25, 0.3) is 0 Å². The van der Waals surface area contributed by atoms with Crippen LogP contribution in [0.4, 0.5) is 0 Å². The summed E-state index contributed by atoms with van der Waals surface area (Å²) in [7, 11) is 0. The van der Waals surface area contributed by atoms with Crippen molar-refractivity contribution in [1.29, 1.82) is 0 Å². The number of ether oxygens (including phenoxy) is 3. The Bertz CT molecular complexity index is 192. The van der Waals surface area contributed by atoms with Crippen molar-refractivity contribution in [1.82, 2.24) is 0 Å². The van der Waals surface area contributed by atoms with Gasteiger partial charge in [-0.1, -0.05) is 13.8 Å². The molecular weight excluding hydrogens is 200 g/mol. The highest BCUT2D eigenvalue weighted by Gasteiger charge is 2.14. The summed E-state index contributed by atoms with van der Waals surface area (Å²) in [5, 5.41) is 0. The van der Waals surface area contributed by atoms with Gasteiger partial charge in [-0.3, -0.25) is 9.59 Å². The molecule has 5 nitrogen and oxygen atoms in total. The minimum Gasteiger partial charge on any atom is -0.436 e. The van der Waals surface area contributed by atoms with Crippen LogP contribution in [0.3, 0.4) is 0 Å². The van der Waals surface area contributed by atoms with Gasteiger partial charge in [-0.25, -0.2) is 0 Å². The van der Waals surface area contributed by atoms with Crippen LogP contribution in [-0.4, -0.2) is 24.5 Å². The molecule has 0 aliphatic heterocycles. The molecule has 88 valence electrons. The third-order valence-corrected chi connectivity index (χ3v) is 1.56. The zero-order valence-electron chi connectivity index (χ0n) is 9.61. The number of hydrogen-bond donors (Lipinski definition) is 0. The van der Waals surface area contributed by atoms with Crippen LogP contribution in [0.15, 0.2) is 0 Å². The van der Waals surface area contributed by atoms with Crippen LogP contribution in [0.25, 0.3) is 0 Å². The molecule has 0 amide bonds. The molecule has 0 bridgehead atoms. The number of esters is 2. The highest BCUT2D eigenvalue weighted by Crippen LogP contribution is 2.03. The van der Waals surface area contributed by atoms with E-state index in [0.717, 1.165) is 0 Å². The van der Waals surface area contributed by atoms with E-state index in [4.69, 9.17) is 14.2 Å². The van der Waals surface area contributed by atoms with Crippen LogP contribution in [0.1, 0.15) is 40.5 Å². The molecule has 0 rings (SSSR count). The van der Waals surface area contributed by atoms with Gasteiger partial charge in [0, 0.05) is 12.8 Å². The van der Waals surface area contributed by atoms with Gasteiger partial charge in [0.15, 0.2) is 0 Å². The van der Waals surface area contributed by atoms with Gasteiger partial charge < -0.3 is 14.2 Å². The molecule has 0 aliphatic carbocycles. The zero-order chi connectivity index (χ0) is 11.8. The standard InChI is InChI=1S/C10H18O5/c1-5-9(11)14-7(3)13-8(4)15-10(12)6-2/h7-8H,5-6H2,1-4H3. The third-order valence-electron chi connectivity index (χ3n) is 1.56. The van der Waals surface area contributed by atoms with Gasteiger partial charge in [0.2, 0.25) is 12.6 Å². The summed E-state index contributed by atoms with van der Waals surface area (Å²) in [5.74, 6) is -0.701. The monoisotopic (exact) mass is 218 g/mol. The number of carbonyl (C=O) groups is 2. The van der Waals surface area contributed by atoms with Crippen molar-refractivity contribution < 1.29 is 23.8 Å². The normalized spacial score (nSPS) is 14.1. The first-order valence-electron chi connectivity index (χ1n) is 5.04. The largest absolute Gasteiger partial charge is 0.436 e. The Balaban J connectivity index is 3.80. The Hall–Kier alpha value is -1.10. The molecule has 2 atom stereocenters. The minimum absolute atomic E-state index is 0.289. The number of carbonyl (C=O) groups excluding carboxylic acids is 2. The lowest BCUT2D eigenvalue weighted by molar-refractivity contribution is -0.227. The van der Waals surface area contributed by atoms with Crippen molar-refractivity contribution in [3.63, 3.8) is 0 Å². The molecule has 0 saturated heterocycles. The molecule has 0 aliphatic rings. The third kappa shape index (κ3) is 6.90. The van der Waals surface area contributed by atoms with E-state index in [-0.39, 0.29) is 24.8 Å². The molecule has 0 N–H and O–H groups in total. The molecular formula is C10H18O5. The van der Waals surface area contributed by atoms with Gasteiger partial charge >= 0.3 is 11.9 Å². The fraction of sp³-hybridized carbons (Fsp3) is 0.800. The van der Waals surface area contributed by atoms with E-state index in [0.29, 0.717) is 0 Å². The van der Waals surface area contributed by atoms with Crippen LogP contribution in [0.5, 0.6) is 0 Å². The van der Waals surface area contributed by atoms with Gasteiger partial charge in [0.1, 0.15) is 0 Å². The molecule has 0 saturated carbocycles. The maximum Gasteiger partial charge on any atom is 0.307 e. The predicted molar refractivity (Wildman–Crippen MR) is 52.8 cm³/mol. The highest BCUT2D eigenvalue weighted by atomic mass is 16.8. The predicted octanol–water partition coefficient (Wildman–Crippen LogP) is 1.60. The van der Waals surface area contributed by atoms with Crippen molar-refractivity contribution in [2.45, 2.75) is 53.1 Å². The van der Waals surface area contributed by atoms with Crippen molar-refractivity contribution >= 4 is 11.9 Å². The van der Waals surface area contributed by atoms with Crippen molar-refractivity contribution in [3.05, 3.63) is 0 Å². The number of hydrogen-bond acceptors (Lipinski definition) is 5. The molecule has 0 heterocycles. The summed E-state index contributed by atoms with van der Waals surface area (Å²) in [4.78, 5) is 21.7. The Morgan fingerprint density at radius 3 is 1.53 bits per heavy atom. The summed E-state index contributed by atoms with van der Waals surface area (Å²) in [6.45, 7) is 6.53. The van der Waals surface area contributed by atoms with E-state index in [1.165, 1.54) is 0 Å². The van der Waals surface area contributed by atoms with Crippen molar-refractivity contribution in [3.8, 4) is 0 Å². The van der Waals surface area contributed by atoms with E-state index in [1.54, 1.807) is 27.7 Å². The topological polar surface area (TPSA) is 61.8 Å². The van der Waals surface area contributed by atoms with Crippen LogP contribution in [0.2, 0.25) is 0 Å². The lowest BCUT2D eigenvalue weighted by Gasteiger charge is -2.18.